The minimum absolute atomic E-state index is 0.276. The normalized spacial score (nSPS) is 53.1. The van der Waals surface area contributed by atoms with Crippen molar-refractivity contribution in [2.24, 2.45) is 29.6 Å². The quantitative estimate of drug-likeness (QED) is 0.424. The van der Waals surface area contributed by atoms with E-state index in [1.165, 1.54) is 25.3 Å². The minimum atomic E-state index is -0.276. The molecule has 7 atom stereocenters. The molecule has 1 heterocycles. The van der Waals surface area contributed by atoms with Crippen LogP contribution in [0, 0.1) is 29.6 Å². The summed E-state index contributed by atoms with van der Waals surface area (Å²) in [6.45, 7) is 4.03. The van der Waals surface area contributed by atoms with Crippen LogP contribution < -0.4 is 0 Å². The third-order valence-electron chi connectivity index (χ3n) is 5.49. The Bertz CT molecular complexity index is 378. The lowest BCUT2D eigenvalue weighted by atomic mass is 9.75. The zero-order chi connectivity index (χ0) is 11.6. The molecule has 4 aliphatic rings. The minimum Gasteiger partial charge on any atom is -0.462 e. The van der Waals surface area contributed by atoms with Crippen molar-refractivity contribution < 1.29 is 14.3 Å². The molecule has 92 valence electrons. The highest BCUT2D eigenvalue weighted by Crippen LogP contribution is 2.65. The Morgan fingerprint density at radius 2 is 2.24 bits per heavy atom. The number of esters is 1. The number of ether oxygens (including phenoxy) is 2. The Hall–Kier alpha value is -0.830. The fraction of sp³-hybridized carbons (Fsp3) is 0.786. The highest BCUT2D eigenvalue weighted by atomic mass is 16.6. The SMILES string of the molecule is C=CC(=O)OC[C@@H]1CC2CC1C1CC3OC3C21. The van der Waals surface area contributed by atoms with Crippen LogP contribution in [0.5, 0.6) is 0 Å². The molecule has 17 heavy (non-hydrogen) atoms. The highest BCUT2D eigenvalue weighted by molar-refractivity contribution is 5.81. The highest BCUT2D eigenvalue weighted by Gasteiger charge is 2.66. The van der Waals surface area contributed by atoms with Crippen LogP contribution in [-0.2, 0) is 14.3 Å². The summed E-state index contributed by atoms with van der Waals surface area (Å²) in [6, 6.07) is 0. The second-order valence-corrected chi connectivity index (χ2v) is 6.11. The van der Waals surface area contributed by atoms with Crippen LogP contribution in [0.3, 0.4) is 0 Å². The first-order valence-electron chi connectivity index (χ1n) is 6.72. The van der Waals surface area contributed by atoms with Crippen molar-refractivity contribution in [2.45, 2.75) is 31.5 Å². The molecular formula is C14H18O3. The fourth-order valence-electron chi connectivity index (χ4n) is 4.91. The van der Waals surface area contributed by atoms with Crippen LogP contribution in [0.4, 0.5) is 0 Å². The molecule has 0 amide bonds. The van der Waals surface area contributed by atoms with E-state index in [1.807, 2.05) is 0 Å². The van der Waals surface area contributed by atoms with Gasteiger partial charge in [0.2, 0.25) is 0 Å². The maximum atomic E-state index is 11.1. The second-order valence-electron chi connectivity index (χ2n) is 6.11. The van der Waals surface area contributed by atoms with Crippen molar-refractivity contribution in [3.8, 4) is 0 Å². The molecule has 0 radical (unpaired) electrons. The lowest BCUT2D eigenvalue weighted by Gasteiger charge is -2.32. The lowest BCUT2D eigenvalue weighted by Crippen LogP contribution is -2.30. The van der Waals surface area contributed by atoms with Gasteiger partial charge in [-0.3, -0.25) is 0 Å². The van der Waals surface area contributed by atoms with E-state index in [9.17, 15) is 4.79 Å². The van der Waals surface area contributed by atoms with E-state index in [0.29, 0.717) is 24.7 Å². The Labute approximate surface area is 101 Å². The predicted octanol–water partition coefficient (Wildman–Crippen LogP) is 1.78. The fourth-order valence-corrected chi connectivity index (χ4v) is 4.91. The summed E-state index contributed by atoms with van der Waals surface area (Å²) >= 11 is 0. The predicted molar refractivity (Wildman–Crippen MR) is 61.1 cm³/mol. The van der Waals surface area contributed by atoms with Gasteiger partial charge in [-0.2, -0.15) is 0 Å². The first kappa shape index (κ1) is 10.1. The van der Waals surface area contributed by atoms with Crippen molar-refractivity contribution in [2.75, 3.05) is 6.61 Å². The summed E-state index contributed by atoms with van der Waals surface area (Å²) in [6.07, 6.45) is 6.30. The van der Waals surface area contributed by atoms with Crippen molar-refractivity contribution in [1.82, 2.24) is 0 Å². The van der Waals surface area contributed by atoms with Gasteiger partial charge in [-0.15, -0.1) is 0 Å². The van der Waals surface area contributed by atoms with Crippen molar-refractivity contribution in [1.29, 1.82) is 0 Å². The monoisotopic (exact) mass is 234 g/mol. The number of carbonyl (C=O) groups is 1. The molecule has 4 rings (SSSR count). The Balaban J connectivity index is 1.42. The molecule has 6 unspecified atom stereocenters. The smallest absolute Gasteiger partial charge is 0.330 e. The van der Waals surface area contributed by atoms with E-state index in [0.717, 1.165) is 23.7 Å². The summed E-state index contributed by atoms with van der Waals surface area (Å²) < 4.78 is 10.9. The van der Waals surface area contributed by atoms with Crippen LogP contribution in [0.15, 0.2) is 12.7 Å². The molecule has 0 aromatic rings. The van der Waals surface area contributed by atoms with Gasteiger partial charge < -0.3 is 9.47 Å². The summed E-state index contributed by atoms with van der Waals surface area (Å²) in [7, 11) is 0. The molecule has 0 spiro atoms. The number of fused-ring (bicyclic) bond motifs is 7. The van der Waals surface area contributed by atoms with Crippen LogP contribution in [0.2, 0.25) is 0 Å². The largest absolute Gasteiger partial charge is 0.462 e. The topological polar surface area (TPSA) is 38.8 Å². The molecule has 3 saturated carbocycles. The van der Waals surface area contributed by atoms with E-state index in [-0.39, 0.29) is 5.97 Å². The molecule has 1 aliphatic heterocycles. The number of rotatable bonds is 3. The van der Waals surface area contributed by atoms with E-state index < -0.39 is 0 Å². The number of carbonyl (C=O) groups excluding carboxylic acids is 1. The van der Waals surface area contributed by atoms with Gasteiger partial charge in [0.25, 0.3) is 0 Å². The van der Waals surface area contributed by atoms with Gasteiger partial charge in [0.15, 0.2) is 0 Å². The summed E-state index contributed by atoms with van der Waals surface area (Å²) in [5, 5.41) is 0. The molecule has 3 heteroatoms. The Morgan fingerprint density at radius 3 is 3.06 bits per heavy atom. The third-order valence-corrected chi connectivity index (χ3v) is 5.49. The molecule has 2 bridgehead atoms. The summed E-state index contributed by atoms with van der Waals surface area (Å²) in [5.41, 5.74) is 0. The zero-order valence-electron chi connectivity index (χ0n) is 9.88. The molecule has 3 aliphatic carbocycles. The second kappa shape index (κ2) is 3.35. The first-order valence-corrected chi connectivity index (χ1v) is 6.72. The van der Waals surface area contributed by atoms with Gasteiger partial charge in [0, 0.05) is 6.08 Å². The standard InChI is InChI=1S/C14H18O3/c1-2-12(15)16-6-8-3-7-4-9(8)10-5-11-14(17-11)13(7)10/h2,7-11,13-14H,1,3-6H2/t7?,8-,9?,10?,11?,13?,14?/m0/s1. The van der Waals surface area contributed by atoms with Gasteiger partial charge in [0.1, 0.15) is 0 Å². The van der Waals surface area contributed by atoms with Crippen molar-refractivity contribution in [3.05, 3.63) is 12.7 Å². The lowest BCUT2D eigenvalue weighted by molar-refractivity contribution is -0.140. The van der Waals surface area contributed by atoms with Crippen LogP contribution >= 0.6 is 0 Å². The molecule has 1 saturated heterocycles. The zero-order valence-corrected chi connectivity index (χ0v) is 9.88. The Kier molecular flexibility index (Phi) is 1.99. The summed E-state index contributed by atoms with van der Waals surface area (Å²) in [4.78, 5) is 11.1. The van der Waals surface area contributed by atoms with E-state index in [2.05, 4.69) is 6.58 Å². The number of epoxide rings is 1. The molecule has 0 aromatic heterocycles. The molecule has 4 fully saturated rings. The molecule has 0 aromatic carbocycles. The first-order chi connectivity index (χ1) is 8.28. The Morgan fingerprint density at radius 1 is 1.35 bits per heavy atom. The van der Waals surface area contributed by atoms with Crippen molar-refractivity contribution in [3.63, 3.8) is 0 Å². The number of hydrogen-bond acceptors (Lipinski definition) is 3. The maximum absolute atomic E-state index is 11.1. The van der Waals surface area contributed by atoms with E-state index in [1.54, 1.807) is 0 Å². The van der Waals surface area contributed by atoms with Crippen LogP contribution in [0.25, 0.3) is 0 Å². The van der Waals surface area contributed by atoms with Gasteiger partial charge >= 0.3 is 5.97 Å². The van der Waals surface area contributed by atoms with Gasteiger partial charge in [0.05, 0.1) is 18.8 Å². The van der Waals surface area contributed by atoms with Gasteiger partial charge in [-0.25, -0.2) is 4.79 Å². The van der Waals surface area contributed by atoms with Gasteiger partial charge in [-0.1, -0.05) is 6.58 Å². The average molecular weight is 234 g/mol. The maximum Gasteiger partial charge on any atom is 0.330 e. The van der Waals surface area contributed by atoms with E-state index in [4.69, 9.17) is 9.47 Å². The molecular weight excluding hydrogens is 216 g/mol. The number of hydrogen-bond donors (Lipinski definition) is 0. The van der Waals surface area contributed by atoms with E-state index >= 15 is 0 Å². The van der Waals surface area contributed by atoms with Gasteiger partial charge in [-0.05, 0) is 48.9 Å². The molecule has 3 nitrogen and oxygen atoms in total. The van der Waals surface area contributed by atoms with Crippen LogP contribution in [0.1, 0.15) is 19.3 Å². The summed E-state index contributed by atoms with van der Waals surface area (Å²) in [5.74, 6) is 3.67. The average Bonchev–Trinajstić information content (AvgIpc) is 2.76. The van der Waals surface area contributed by atoms with Crippen molar-refractivity contribution >= 4 is 5.97 Å². The van der Waals surface area contributed by atoms with Crippen LogP contribution in [-0.4, -0.2) is 24.8 Å². The third kappa shape index (κ3) is 1.35. The molecule has 0 N–H and O–H groups in total.